The fourth-order valence-electron chi connectivity index (χ4n) is 4.19. The highest BCUT2D eigenvalue weighted by molar-refractivity contribution is 5.87. The zero-order chi connectivity index (χ0) is 25.3. The molecule has 1 aromatic heterocycles. The number of nitrogens with one attached hydrogen (secondary N) is 2. The van der Waals surface area contributed by atoms with Crippen molar-refractivity contribution in [1.29, 1.82) is 0 Å². The van der Waals surface area contributed by atoms with Gasteiger partial charge in [-0.05, 0) is 40.3 Å². The Labute approximate surface area is 210 Å². The summed E-state index contributed by atoms with van der Waals surface area (Å²) in [5.41, 5.74) is 6.71. The van der Waals surface area contributed by atoms with Gasteiger partial charge in [-0.15, -0.1) is 0 Å². The minimum atomic E-state index is -0.955. The molecule has 0 radical (unpaired) electrons. The molecule has 0 aliphatic rings. The van der Waals surface area contributed by atoms with Gasteiger partial charge in [0.25, 0.3) is 5.91 Å². The van der Waals surface area contributed by atoms with E-state index in [0.29, 0.717) is 6.42 Å². The average Bonchev–Trinajstić information content (AvgIpc) is 3.42. The van der Waals surface area contributed by atoms with Crippen LogP contribution in [0.5, 0.6) is 0 Å². The lowest BCUT2D eigenvalue weighted by molar-refractivity contribution is -0.136. The third kappa shape index (κ3) is 6.27. The van der Waals surface area contributed by atoms with E-state index in [0.717, 1.165) is 27.8 Å². The summed E-state index contributed by atoms with van der Waals surface area (Å²) in [5, 5.41) is 21.8. The van der Waals surface area contributed by atoms with Crippen LogP contribution in [0.4, 0.5) is 0 Å². The van der Waals surface area contributed by atoms with E-state index in [1.54, 1.807) is 22.4 Å². The van der Waals surface area contributed by atoms with Gasteiger partial charge in [0.05, 0.1) is 19.1 Å². The van der Waals surface area contributed by atoms with Crippen molar-refractivity contribution in [2.24, 2.45) is 0 Å². The van der Waals surface area contributed by atoms with Crippen molar-refractivity contribution in [1.82, 2.24) is 15.4 Å². The first-order valence-corrected chi connectivity index (χ1v) is 11.8. The number of carbonyl (C=O) groups is 2. The SMILES string of the molecule is O=C(CC(C(=O)NO)n1ccc(-c2ccc(-c3ccccc3)cc2)c1)NC(CO)Cc1ccccc1. The first-order valence-electron chi connectivity index (χ1n) is 11.8. The van der Waals surface area contributed by atoms with E-state index in [1.807, 2.05) is 78.9 Å². The first-order chi connectivity index (χ1) is 17.6. The number of hydrogen-bond donors (Lipinski definition) is 4. The largest absolute Gasteiger partial charge is 0.394 e. The van der Waals surface area contributed by atoms with Crippen LogP contribution in [0.25, 0.3) is 22.3 Å². The highest BCUT2D eigenvalue weighted by Crippen LogP contribution is 2.26. The Hall–Kier alpha value is -4.20. The summed E-state index contributed by atoms with van der Waals surface area (Å²) in [6, 6.07) is 28.1. The molecular formula is C29H29N3O4. The molecule has 0 aliphatic heterocycles. The molecule has 3 aromatic carbocycles. The smallest absolute Gasteiger partial charge is 0.266 e. The van der Waals surface area contributed by atoms with E-state index >= 15 is 0 Å². The molecule has 4 aromatic rings. The Morgan fingerprint density at radius 1 is 0.778 bits per heavy atom. The molecule has 0 saturated carbocycles. The number of hydroxylamine groups is 1. The van der Waals surface area contributed by atoms with Gasteiger partial charge in [0.2, 0.25) is 5.91 Å². The monoisotopic (exact) mass is 483 g/mol. The summed E-state index contributed by atoms with van der Waals surface area (Å²) in [5.74, 6) is -1.10. The maximum atomic E-state index is 12.8. The number of hydrogen-bond acceptors (Lipinski definition) is 4. The van der Waals surface area contributed by atoms with Crippen molar-refractivity contribution in [3.63, 3.8) is 0 Å². The Bertz CT molecular complexity index is 1270. The van der Waals surface area contributed by atoms with Crippen LogP contribution in [-0.2, 0) is 16.0 Å². The van der Waals surface area contributed by atoms with Crippen molar-refractivity contribution in [3.05, 3.63) is 109 Å². The van der Waals surface area contributed by atoms with Gasteiger partial charge < -0.3 is 15.0 Å². The third-order valence-electron chi connectivity index (χ3n) is 6.10. The highest BCUT2D eigenvalue weighted by Gasteiger charge is 2.25. The normalized spacial score (nSPS) is 12.5. The summed E-state index contributed by atoms with van der Waals surface area (Å²) < 4.78 is 1.61. The van der Waals surface area contributed by atoms with Crippen molar-refractivity contribution < 1.29 is 19.9 Å². The molecule has 0 saturated heterocycles. The Balaban J connectivity index is 1.45. The molecule has 2 unspecified atom stereocenters. The van der Waals surface area contributed by atoms with E-state index in [-0.39, 0.29) is 13.0 Å². The van der Waals surface area contributed by atoms with E-state index in [2.05, 4.69) is 17.4 Å². The van der Waals surface area contributed by atoms with Gasteiger partial charge in [-0.25, -0.2) is 5.48 Å². The van der Waals surface area contributed by atoms with Gasteiger partial charge in [0.1, 0.15) is 6.04 Å². The molecule has 0 spiro atoms. The number of aliphatic hydroxyl groups is 1. The third-order valence-corrected chi connectivity index (χ3v) is 6.10. The molecule has 36 heavy (non-hydrogen) atoms. The topological polar surface area (TPSA) is 104 Å². The van der Waals surface area contributed by atoms with Gasteiger partial charge in [-0.2, -0.15) is 0 Å². The Morgan fingerprint density at radius 3 is 1.97 bits per heavy atom. The molecular weight excluding hydrogens is 454 g/mol. The number of amides is 2. The lowest BCUT2D eigenvalue weighted by atomic mass is 10.0. The maximum Gasteiger partial charge on any atom is 0.266 e. The molecule has 7 heteroatoms. The standard InChI is InChI=1S/C29H29N3O4/c33-20-26(17-21-7-3-1-4-8-21)30-28(34)18-27(29(35)31-36)32-16-15-25(19-32)24-13-11-23(12-14-24)22-9-5-2-6-10-22/h1-16,19,26-27,33,36H,17-18,20H2,(H,30,34)(H,31,35). The zero-order valence-corrected chi connectivity index (χ0v) is 19.7. The maximum absolute atomic E-state index is 12.8. The Kier molecular flexibility index (Phi) is 8.28. The quantitative estimate of drug-likeness (QED) is 0.202. The lowest BCUT2D eigenvalue weighted by Crippen LogP contribution is -2.41. The van der Waals surface area contributed by atoms with E-state index in [9.17, 15) is 19.9 Å². The first kappa shape index (κ1) is 24.9. The van der Waals surface area contributed by atoms with E-state index < -0.39 is 23.9 Å². The molecule has 0 aliphatic carbocycles. The number of nitrogens with zero attached hydrogens (tertiary/aromatic N) is 1. The van der Waals surface area contributed by atoms with Crippen LogP contribution in [-0.4, -0.2) is 39.3 Å². The van der Waals surface area contributed by atoms with Gasteiger partial charge in [0.15, 0.2) is 0 Å². The number of aromatic nitrogens is 1. The van der Waals surface area contributed by atoms with Crippen LogP contribution in [0.15, 0.2) is 103 Å². The van der Waals surface area contributed by atoms with Crippen LogP contribution < -0.4 is 10.8 Å². The predicted octanol–water partition coefficient (Wildman–Crippen LogP) is 3.98. The minimum absolute atomic E-state index is 0.196. The molecule has 7 nitrogen and oxygen atoms in total. The van der Waals surface area contributed by atoms with E-state index in [1.165, 1.54) is 0 Å². The molecule has 4 N–H and O–H groups in total. The molecule has 4 rings (SSSR count). The second kappa shape index (κ2) is 12.0. The zero-order valence-electron chi connectivity index (χ0n) is 19.7. The number of carbonyl (C=O) groups excluding carboxylic acids is 2. The van der Waals surface area contributed by atoms with Crippen molar-refractivity contribution >= 4 is 11.8 Å². The molecule has 0 fully saturated rings. The Morgan fingerprint density at radius 2 is 1.36 bits per heavy atom. The predicted molar refractivity (Wildman–Crippen MR) is 138 cm³/mol. The number of benzene rings is 3. The van der Waals surface area contributed by atoms with Gasteiger partial charge in [-0.1, -0.05) is 84.9 Å². The summed E-state index contributed by atoms with van der Waals surface area (Å²) in [7, 11) is 0. The number of rotatable bonds is 10. The molecule has 1 heterocycles. The molecule has 0 bridgehead atoms. The van der Waals surface area contributed by atoms with Crippen molar-refractivity contribution in [3.8, 4) is 22.3 Å². The fraction of sp³-hybridized carbons (Fsp3) is 0.172. The molecule has 2 amide bonds. The minimum Gasteiger partial charge on any atom is -0.394 e. The molecule has 184 valence electrons. The second-order valence-corrected chi connectivity index (χ2v) is 8.62. The fourth-order valence-corrected chi connectivity index (χ4v) is 4.19. The number of aliphatic hydroxyl groups excluding tert-OH is 1. The van der Waals surface area contributed by atoms with Crippen LogP contribution in [0.3, 0.4) is 0 Å². The van der Waals surface area contributed by atoms with Crippen molar-refractivity contribution in [2.45, 2.75) is 24.9 Å². The highest BCUT2D eigenvalue weighted by atomic mass is 16.5. The van der Waals surface area contributed by atoms with Crippen molar-refractivity contribution in [2.75, 3.05) is 6.61 Å². The van der Waals surface area contributed by atoms with Crippen LogP contribution in [0.1, 0.15) is 18.0 Å². The van der Waals surface area contributed by atoms with Crippen LogP contribution >= 0.6 is 0 Å². The second-order valence-electron chi connectivity index (χ2n) is 8.62. The van der Waals surface area contributed by atoms with Crippen LogP contribution in [0.2, 0.25) is 0 Å². The van der Waals surface area contributed by atoms with Gasteiger partial charge in [-0.3, -0.25) is 14.8 Å². The van der Waals surface area contributed by atoms with Gasteiger partial charge in [0, 0.05) is 12.4 Å². The van der Waals surface area contributed by atoms with Crippen LogP contribution in [0, 0.1) is 0 Å². The summed E-state index contributed by atoms with van der Waals surface area (Å²) >= 11 is 0. The summed E-state index contributed by atoms with van der Waals surface area (Å²) in [6.07, 6.45) is 3.75. The summed E-state index contributed by atoms with van der Waals surface area (Å²) in [6.45, 7) is -0.232. The average molecular weight is 484 g/mol. The summed E-state index contributed by atoms with van der Waals surface area (Å²) in [4.78, 5) is 25.2. The molecule has 2 atom stereocenters. The van der Waals surface area contributed by atoms with Gasteiger partial charge >= 0.3 is 0 Å². The van der Waals surface area contributed by atoms with E-state index in [4.69, 9.17) is 0 Å². The lowest BCUT2D eigenvalue weighted by Gasteiger charge is -2.20.